The van der Waals surface area contributed by atoms with Gasteiger partial charge < -0.3 is 10.1 Å². The Morgan fingerprint density at radius 1 is 1.50 bits per heavy atom. The summed E-state index contributed by atoms with van der Waals surface area (Å²) in [5.74, 6) is -0.335. The highest BCUT2D eigenvalue weighted by Gasteiger charge is 2.24. The van der Waals surface area contributed by atoms with Crippen LogP contribution in [0.4, 0.5) is 0 Å². The second-order valence-corrected chi connectivity index (χ2v) is 8.52. The third kappa shape index (κ3) is 4.44. The number of thiophene rings is 1. The Morgan fingerprint density at radius 2 is 2.10 bits per heavy atom. The van der Waals surface area contributed by atoms with Gasteiger partial charge in [-0.05, 0) is 33.3 Å². The lowest BCUT2D eigenvalue weighted by atomic mass is 10.1. The molecule has 0 radical (unpaired) electrons. The number of rotatable bonds is 6. The van der Waals surface area contributed by atoms with Crippen LogP contribution in [0.15, 0.2) is 9.59 Å². The van der Waals surface area contributed by atoms with E-state index >= 15 is 0 Å². The summed E-state index contributed by atoms with van der Waals surface area (Å²) < 4.78 is 28.1. The van der Waals surface area contributed by atoms with Gasteiger partial charge in [0.05, 0.1) is 11.2 Å². The van der Waals surface area contributed by atoms with Crippen LogP contribution < -0.4 is 5.32 Å². The third-order valence-corrected chi connectivity index (χ3v) is 5.98. The van der Waals surface area contributed by atoms with Gasteiger partial charge in [-0.1, -0.05) is 0 Å². The first-order valence-electron chi connectivity index (χ1n) is 6.03. The molecule has 1 heterocycles. The predicted molar refractivity (Wildman–Crippen MR) is 80.1 cm³/mol. The van der Waals surface area contributed by atoms with Gasteiger partial charge in [0.15, 0.2) is 0 Å². The van der Waals surface area contributed by atoms with Gasteiger partial charge in [-0.2, -0.15) is 0 Å². The van der Waals surface area contributed by atoms with Crippen molar-refractivity contribution in [1.82, 2.24) is 5.32 Å². The molecule has 0 aliphatic rings. The Balaban J connectivity index is 2.83. The molecule has 0 aromatic carbocycles. The SMILES string of the molecule is CCOC(C)(C)CNC(=O)c1csc(S(=O)(=O)Cl)c1C. The van der Waals surface area contributed by atoms with Crippen molar-refractivity contribution in [3.05, 3.63) is 16.5 Å². The van der Waals surface area contributed by atoms with E-state index in [1.807, 2.05) is 20.8 Å². The van der Waals surface area contributed by atoms with E-state index in [1.54, 1.807) is 6.92 Å². The van der Waals surface area contributed by atoms with Crippen molar-refractivity contribution < 1.29 is 17.9 Å². The number of amides is 1. The topological polar surface area (TPSA) is 72.5 Å². The molecule has 0 aliphatic carbocycles. The van der Waals surface area contributed by atoms with E-state index in [4.69, 9.17) is 15.4 Å². The molecule has 0 bridgehead atoms. The fourth-order valence-electron chi connectivity index (χ4n) is 1.69. The van der Waals surface area contributed by atoms with Crippen LogP contribution in [0.5, 0.6) is 0 Å². The van der Waals surface area contributed by atoms with Crippen molar-refractivity contribution in [2.24, 2.45) is 0 Å². The molecular formula is C12H18ClNO4S2. The molecule has 1 aromatic rings. The molecule has 0 atom stereocenters. The Hall–Kier alpha value is -0.630. The van der Waals surface area contributed by atoms with E-state index in [1.165, 1.54) is 5.38 Å². The molecule has 0 saturated heterocycles. The highest BCUT2D eigenvalue weighted by atomic mass is 35.7. The zero-order valence-corrected chi connectivity index (χ0v) is 14.2. The van der Waals surface area contributed by atoms with E-state index in [0.717, 1.165) is 11.3 Å². The van der Waals surface area contributed by atoms with Crippen LogP contribution in [0.3, 0.4) is 0 Å². The van der Waals surface area contributed by atoms with Gasteiger partial charge in [-0.15, -0.1) is 11.3 Å². The van der Waals surface area contributed by atoms with Crippen molar-refractivity contribution in [2.45, 2.75) is 37.5 Å². The Labute approximate surface area is 127 Å². The first kappa shape index (κ1) is 17.4. The minimum Gasteiger partial charge on any atom is -0.374 e. The van der Waals surface area contributed by atoms with Gasteiger partial charge in [-0.3, -0.25) is 4.79 Å². The molecule has 0 saturated carbocycles. The number of hydrogen-bond donors (Lipinski definition) is 1. The number of carbonyl (C=O) groups excluding carboxylic acids is 1. The minimum absolute atomic E-state index is 0.00776. The summed E-state index contributed by atoms with van der Waals surface area (Å²) >= 11 is 0.943. The standard InChI is InChI=1S/C12H18ClNO4S2/c1-5-18-12(3,4)7-14-10(15)9-6-19-11(8(9)2)20(13,16)17/h6H,5,7H2,1-4H3,(H,14,15). The van der Waals surface area contributed by atoms with Gasteiger partial charge in [0.2, 0.25) is 0 Å². The summed E-state index contributed by atoms with van der Waals surface area (Å²) in [5.41, 5.74) is 0.216. The van der Waals surface area contributed by atoms with Crippen LogP contribution in [0.1, 0.15) is 36.7 Å². The molecule has 1 N–H and O–H groups in total. The van der Waals surface area contributed by atoms with E-state index in [-0.39, 0.29) is 10.1 Å². The zero-order chi connectivity index (χ0) is 15.6. The second kappa shape index (κ2) is 6.43. The maximum Gasteiger partial charge on any atom is 0.271 e. The van der Waals surface area contributed by atoms with Gasteiger partial charge in [0.25, 0.3) is 15.0 Å². The molecule has 0 fully saturated rings. The highest BCUT2D eigenvalue weighted by molar-refractivity contribution is 8.15. The summed E-state index contributed by atoms with van der Waals surface area (Å²) in [6, 6.07) is 0. The number of halogens is 1. The van der Waals surface area contributed by atoms with Crippen molar-refractivity contribution in [3.8, 4) is 0 Å². The molecule has 0 aliphatic heterocycles. The first-order chi connectivity index (χ1) is 9.08. The molecule has 5 nitrogen and oxygen atoms in total. The molecule has 1 rings (SSSR count). The fourth-order valence-corrected chi connectivity index (χ4v) is 4.24. The molecule has 8 heteroatoms. The largest absolute Gasteiger partial charge is 0.374 e. The summed E-state index contributed by atoms with van der Waals surface area (Å²) in [6.07, 6.45) is 0. The monoisotopic (exact) mass is 339 g/mol. The van der Waals surface area contributed by atoms with E-state index in [9.17, 15) is 13.2 Å². The van der Waals surface area contributed by atoms with Gasteiger partial charge in [0, 0.05) is 29.2 Å². The normalized spacial score (nSPS) is 12.4. The fraction of sp³-hybridized carbons (Fsp3) is 0.583. The van der Waals surface area contributed by atoms with E-state index < -0.39 is 14.7 Å². The van der Waals surface area contributed by atoms with Crippen LogP contribution in [0.2, 0.25) is 0 Å². The lowest BCUT2D eigenvalue weighted by Crippen LogP contribution is -2.40. The maximum atomic E-state index is 12.1. The average molecular weight is 340 g/mol. The first-order valence-corrected chi connectivity index (χ1v) is 9.22. The molecular weight excluding hydrogens is 322 g/mol. The highest BCUT2D eigenvalue weighted by Crippen LogP contribution is 2.29. The Morgan fingerprint density at radius 3 is 2.55 bits per heavy atom. The maximum absolute atomic E-state index is 12.1. The summed E-state index contributed by atoms with van der Waals surface area (Å²) in [4.78, 5) is 12.1. The number of hydrogen-bond acceptors (Lipinski definition) is 5. The predicted octanol–water partition coefficient (Wildman–Crippen LogP) is 2.53. The summed E-state index contributed by atoms with van der Waals surface area (Å²) in [6.45, 7) is 8.06. The van der Waals surface area contributed by atoms with Crippen LogP contribution in [0, 0.1) is 6.92 Å². The number of ether oxygens (including phenoxy) is 1. The van der Waals surface area contributed by atoms with Crippen LogP contribution in [-0.2, 0) is 13.8 Å². The van der Waals surface area contributed by atoms with Crippen molar-refractivity contribution >= 4 is 37.0 Å². The van der Waals surface area contributed by atoms with E-state index in [0.29, 0.717) is 24.3 Å². The summed E-state index contributed by atoms with van der Waals surface area (Å²) in [5, 5.41) is 4.23. The zero-order valence-electron chi connectivity index (χ0n) is 11.8. The quantitative estimate of drug-likeness (QED) is 0.808. The lowest BCUT2D eigenvalue weighted by molar-refractivity contribution is -0.00815. The molecule has 1 amide bonds. The molecule has 20 heavy (non-hydrogen) atoms. The van der Waals surface area contributed by atoms with Crippen molar-refractivity contribution in [2.75, 3.05) is 13.2 Å². The third-order valence-electron chi connectivity index (χ3n) is 2.67. The Bertz CT molecular complexity index is 593. The van der Waals surface area contributed by atoms with Gasteiger partial charge in [-0.25, -0.2) is 8.42 Å². The Kier molecular flexibility index (Phi) is 5.60. The number of nitrogens with one attached hydrogen (secondary N) is 1. The van der Waals surface area contributed by atoms with Gasteiger partial charge >= 0.3 is 0 Å². The molecule has 114 valence electrons. The number of carbonyl (C=O) groups is 1. The van der Waals surface area contributed by atoms with Gasteiger partial charge in [0.1, 0.15) is 4.21 Å². The van der Waals surface area contributed by atoms with Crippen molar-refractivity contribution in [1.29, 1.82) is 0 Å². The van der Waals surface area contributed by atoms with Crippen LogP contribution >= 0.6 is 22.0 Å². The van der Waals surface area contributed by atoms with E-state index in [2.05, 4.69) is 5.32 Å². The smallest absolute Gasteiger partial charge is 0.271 e. The molecule has 0 unspecified atom stereocenters. The second-order valence-electron chi connectivity index (χ2n) is 4.88. The van der Waals surface area contributed by atoms with Crippen molar-refractivity contribution in [3.63, 3.8) is 0 Å². The minimum atomic E-state index is -3.81. The van der Waals surface area contributed by atoms with Crippen LogP contribution in [-0.4, -0.2) is 33.1 Å². The lowest BCUT2D eigenvalue weighted by Gasteiger charge is -2.24. The summed E-state index contributed by atoms with van der Waals surface area (Å²) in [7, 11) is 1.49. The average Bonchev–Trinajstić information content (AvgIpc) is 2.68. The molecule has 1 aromatic heterocycles. The van der Waals surface area contributed by atoms with Crippen LogP contribution in [0.25, 0.3) is 0 Å². The molecule has 0 spiro atoms.